The number of fused-ring (bicyclic) bond motifs is 2. The van der Waals surface area contributed by atoms with E-state index in [0.717, 1.165) is 4.90 Å². The van der Waals surface area contributed by atoms with Gasteiger partial charge in [0.2, 0.25) is 5.91 Å². The molecule has 0 spiro atoms. The van der Waals surface area contributed by atoms with E-state index >= 15 is 0 Å². The molecule has 2 aliphatic rings. The second-order valence-electron chi connectivity index (χ2n) is 4.95. The smallest absolute Gasteiger partial charge is 1.00 e. The standard InChI is InChI=1S/C10H15N3O6S.Na.H/c1-5(2)6-3-7(9(11)14)12-4-8(6)13(10(12)15)19-20(16,17)18;;/h3,5,7-8H,4H2,1-2H3,(H2,11,14)(H,16,17,18);;/q;+1;-1. The summed E-state index contributed by atoms with van der Waals surface area (Å²) in [5.41, 5.74) is 5.90. The fourth-order valence-corrected chi connectivity index (χ4v) is 2.82. The number of amides is 3. The van der Waals surface area contributed by atoms with E-state index in [1.807, 2.05) is 13.8 Å². The molecule has 114 valence electrons. The molecular weight excluding hydrogens is 313 g/mol. The van der Waals surface area contributed by atoms with E-state index < -0.39 is 34.4 Å². The fraction of sp³-hybridized carbons (Fsp3) is 0.600. The van der Waals surface area contributed by atoms with Crippen molar-refractivity contribution in [3.05, 3.63) is 11.6 Å². The summed E-state index contributed by atoms with van der Waals surface area (Å²) in [5.74, 6) is -0.772. The summed E-state index contributed by atoms with van der Waals surface area (Å²) in [6, 6.07) is -2.46. The maximum absolute atomic E-state index is 12.1. The number of carbonyl (C=O) groups excluding carboxylic acids is 2. The summed E-state index contributed by atoms with van der Waals surface area (Å²) in [4.78, 5) is 24.6. The second-order valence-corrected chi connectivity index (χ2v) is 5.95. The summed E-state index contributed by atoms with van der Waals surface area (Å²) in [6.45, 7) is 3.73. The van der Waals surface area contributed by atoms with E-state index in [9.17, 15) is 18.0 Å². The molecule has 2 heterocycles. The summed E-state index contributed by atoms with van der Waals surface area (Å²) in [6.07, 6.45) is 1.53. The van der Waals surface area contributed by atoms with Gasteiger partial charge in [-0.1, -0.05) is 19.9 Å². The van der Waals surface area contributed by atoms with Crippen molar-refractivity contribution in [1.29, 1.82) is 0 Å². The first kappa shape index (κ1) is 18.4. The number of primary amides is 1. The molecule has 2 atom stereocenters. The molecule has 0 radical (unpaired) electrons. The topological polar surface area (TPSA) is 130 Å². The van der Waals surface area contributed by atoms with E-state index in [1.54, 1.807) is 0 Å². The Morgan fingerprint density at radius 1 is 1.57 bits per heavy atom. The van der Waals surface area contributed by atoms with E-state index in [1.165, 1.54) is 6.08 Å². The van der Waals surface area contributed by atoms with Crippen LogP contribution < -0.4 is 35.3 Å². The molecule has 11 heteroatoms. The van der Waals surface area contributed by atoms with Crippen LogP contribution in [-0.2, 0) is 19.5 Å². The Bertz CT molecular complexity index is 595. The third kappa shape index (κ3) is 3.58. The number of rotatable bonds is 4. The maximum atomic E-state index is 12.1. The van der Waals surface area contributed by atoms with Crippen molar-refractivity contribution in [1.82, 2.24) is 9.96 Å². The number of hydrogen-bond donors (Lipinski definition) is 2. The third-order valence-corrected chi connectivity index (χ3v) is 3.64. The van der Waals surface area contributed by atoms with Gasteiger partial charge in [0.25, 0.3) is 0 Å². The SMILES string of the molecule is CC(C)C1=CC(C(N)=O)N2CC1N(OS(=O)(=O)O)C2=O.[H-].[Na+]. The van der Waals surface area contributed by atoms with Crippen molar-refractivity contribution in [3.8, 4) is 0 Å². The van der Waals surface area contributed by atoms with Gasteiger partial charge in [0.05, 0.1) is 6.54 Å². The molecule has 0 saturated carbocycles. The average Bonchev–Trinajstić information content (AvgIpc) is 2.53. The number of urea groups is 1. The summed E-state index contributed by atoms with van der Waals surface area (Å²) < 4.78 is 34.7. The van der Waals surface area contributed by atoms with Gasteiger partial charge < -0.3 is 12.1 Å². The quantitative estimate of drug-likeness (QED) is 0.311. The Morgan fingerprint density at radius 2 is 2.14 bits per heavy atom. The summed E-state index contributed by atoms with van der Waals surface area (Å²) in [5, 5.41) is 0.560. The van der Waals surface area contributed by atoms with Gasteiger partial charge in [0.1, 0.15) is 12.1 Å². The van der Waals surface area contributed by atoms with E-state index in [2.05, 4.69) is 4.28 Å². The maximum Gasteiger partial charge on any atom is 1.00 e. The van der Waals surface area contributed by atoms with Crippen LogP contribution in [0.5, 0.6) is 0 Å². The molecule has 2 rings (SSSR count). The van der Waals surface area contributed by atoms with Crippen molar-refractivity contribution in [2.24, 2.45) is 11.7 Å². The number of hydrogen-bond acceptors (Lipinski definition) is 5. The predicted molar refractivity (Wildman–Crippen MR) is 67.4 cm³/mol. The second kappa shape index (κ2) is 6.23. The molecule has 3 N–H and O–H groups in total. The molecule has 2 aliphatic heterocycles. The van der Waals surface area contributed by atoms with Crippen LogP contribution >= 0.6 is 0 Å². The van der Waals surface area contributed by atoms with Crippen LogP contribution in [0.15, 0.2) is 11.6 Å². The zero-order valence-electron chi connectivity index (χ0n) is 12.9. The van der Waals surface area contributed by atoms with Gasteiger partial charge in [-0.3, -0.25) is 9.35 Å². The Morgan fingerprint density at radius 3 is 2.57 bits per heavy atom. The number of nitrogens with two attached hydrogens (primary N) is 1. The van der Waals surface area contributed by atoms with E-state index in [4.69, 9.17) is 10.3 Å². The number of hydroxylamine groups is 2. The van der Waals surface area contributed by atoms with E-state index in [0.29, 0.717) is 10.6 Å². The van der Waals surface area contributed by atoms with Crippen LogP contribution in [0.25, 0.3) is 0 Å². The first-order chi connectivity index (χ1) is 9.11. The van der Waals surface area contributed by atoms with Gasteiger partial charge in [-0.2, -0.15) is 13.5 Å². The Hall–Kier alpha value is -0.650. The fourth-order valence-electron chi connectivity index (χ4n) is 2.45. The minimum absolute atomic E-state index is 0. The number of carbonyl (C=O) groups is 2. The van der Waals surface area contributed by atoms with Gasteiger partial charge in [0, 0.05) is 0 Å². The molecule has 2 bridgehead atoms. The molecule has 2 unspecified atom stereocenters. The van der Waals surface area contributed by atoms with Crippen molar-refractivity contribution < 1.29 is 57.8 Å². The molecule has 3 amide bonds. The van der Waals surface area contributed by atoms with Crippen molar-refractivity contribution in [2.45, 2.75) is 25.9 Å². The predicted octanol–water partition coefficient (Wildman–Crippen LogP) is -3.61. The summed E-state index contributed by atoms with van der Waals surface area (Å²) >= 11 is 0. The van der Waals surface area contributed by atoms with Gasteiger partial charge in [-0.25, -0.2) is 4.79 Å². The van der Waals surface area contributed by atoms with Gasteiger partial charge in [-0.05, 0) is 11.5 Å². The molecule has 0 aliphatic carbocycles. The molecule has 21 heavy (non-hydrogen) atoms. The number of nitrogens with zero attached hydrogens (tertiary/aromatic N) is 2. The molecule has 9 nitrogen and oxygen atoms in total. The van der Waals surface area contributed by atoms with Gasteiger partial charge in [0.15, 0.2) is 0 Å². The normalized spacial score (nSPS) is 25.0. The Kier molecular flexibility index (Phi) is 5.45. The molecule has 0 aromatic heterocycles. The van der Waals surface area contributed by atoms with Gasteiger partial charge >= 0.3 is 46.0 Å². The van der Waals surface area contributed by atoms with Crippen LogP contribution in [0.4, 0.5) is 4.79 Å². The van der Waals surface area contributed by atoms with Crippen LogP contribution in [0.2, 0.25) is 0 Å². The van der Waals surface area contributed by atoms with E-state index in [-0.39, 0.29) is 43.4 Å². The monoisotopic (exact) mass is 329 g/mol. The van der Waals surface area contributed by atoms with Crippen molar-refractivity contribution >= 4 is 22.3 Å². The first-order valence-corrected chi connectivity index (χ1v) is 7.26. The van der Waals surface area contributed by atoms with Crippen LogP contribution in [0, 0.1) is 5.92 Å². The molecule has 0 aromatic rings. The van der Waals surface area contributed by atoms with Crippen LogP contribution in [-0.4, -0.2) is 53.5 Å². The Labute approximate surface area is 145 Å². The minimum atomic E-state index is -4.83. The first-order valence-electron chi connectivity index (χ1n) is 5.89. The zero-order chi connectivity index (χ0) is 15.2. The zero-order valence-corrected chi connectivity index (χ0v) is 14.7. The van der Waals surface area contributed by atoms with Crippen molar-refractivity contribution in [2.75, 3.05) is 6.54 Å². The molecule has 1 saturated heterocycles. The molecule has 0 aromatic carbocycles. The van der Waals surface area contributed by atoms with Crippen LogP contribution in [0.3, 0.4) is 0 Å². The third-order valence-electron chi connectivity index (χ3n) is 3.29. The molecule has 1 fully saturated rings. The van der Waals surface area contributed by atoms with Crippen molar-refractivity contribution in [3.63, 3.8) is 0 Å². The van der Waals surface area contributed by atoms with Crippen LogP contribution in [0.1, 0.15) is 15.3 Å². The van der Waals surface area contributed by atoms with Gasteiger partial charge in [-0.15, -0.1) is 4.28 Å². The largest absolute Gasteiger partial charge is 1.00 e. The Balaban J connectivity index is 0.00000220. The minimum Gasteiger partial charge on any atom is -1.00 e. The summed E-state index contributed by atoms with van der Waals surface area (Å²) in [7, 11) is -4.83. The molecular formula is C10H16N3NaO6S. The average molecular weight is 329 g/mol.